The Bertz CT molecular complexity index is 1810. The number of nitrogens with one attached hydrogen (secondary N) is 1. The van der Waals surface area contributed by atoms with Crippen molar-refractivity contribution >= 4 is 26.8 Å². The van der Waals surface area contributed by atoms with Crippen molar-refractivity contribution in [2.45, 2.75) is 49.2 Å². The fourth-order valence-electron chi connectivity index (χ4n) is 4.83. The number of ether oxygens (including phenoxy) is 2. The molecule has 1 aliphatic carbocycles. The number of sulfone groups is 1. The molecule has 0 radical (unpaired) electrons. The Hall–Kier alpha value is -4.17. The summed E-state index contributed by atoms with van der Waals surface area (Å²) in [5.41, 5.74) is -0.137. The lowest BCUT2D eigenvalue weighted by atomic mass is 10.1. The minimum atomic E-state index is -3.81. The number of benzene rings is 2. The SMILES string of the molecule is CCS(=O)(=O)c1ccc([C@H](CO)NC(=O)c2ccc3c(c2)nc(C2(F)CC2)n3Cc2cccc3c2OC(F)(F)O3)nc1. The predicted molar refractivity (Wildman–Crippen MR) is 143 cm³/mol. The third-order valence-corrected chi connectivity index (χ3v) is 9.00. The number of aromatic nitrogens is 3. The van der Waals surface area contributed by atoms with Crippen molar-refractivity contribution in [3.63, 3.8) is 0 Å². The number of rotatable bonds is 9. The van der Waals surface area contributed by atoms with Crippen LogP contribution in [0.15, 0.2) is 59.6 Å². The van der Waals surface area contributed by atoms with Gasteiger partial charge >= 0.3 is 6.29 Å². The van der Waals surface area contributed by atoms with Gasteiger partial charge in [-0.3, -0.25) is 9.78 Å². The molecule has 1 atom stereocenters. The van der Waals surface area contributed by atoms with E-state index in [2.05, 4.69) is 20.0 Å². The quantitative estimate of drug-likeness (QED) is 0.294. The van der Waals surface area contributed by atoms with Crippen LogP contribution in [0, 0.1) is 0 Å². The van der Waals surface area contributed by atoms with Crippen LogP contribution < -0.4 is 14.8 Å². The molecule has 2 aromatic heterocycles. The second-order valence-electron chi connectivity index (χ2n) is 10.1. The molecule has 0 saturated heterocycles. The van der Waals surface area contributed by atoms with Crippen LogP contribution in [0.5, 0.6) is 11.5 Å². The lowest BCUT2D eigenvalue weighted by Gasteiger charge is -2.16. The van der Waals surface area contributed by atoms with Crippen LogP contribution in [-0.2, 0) is 22.1 Å². The molecule has 6 rings (SSSR count). The molecule has 2 N–H and O–H groups in total. The maximum Gasteiger partial charge on any atom is 0.586 e. The number of fused-ring (bicyclic) bond motifs is 2. The van der Waals surface area contributed by atoms with Gasteiger partial charge in [0.05, 0.1) is 46.6 Å². The van der Waals surface area contributed by atoms with E-state index in [0.717, 1.165) is 0 Å². The summed E-state index contributed by atoms with van der Waals surface area (Å²) in [7, 11) is -3.46. The van der Waals surface area contributed by atoms with Gasteiger partial charge in [-0.2, -0.15) is 0 Å². The number of para-hydroxylation sites is 1. The van der Waals surface area contributed by atoms with Gasteiger partial charge in [0.15, 0.2) is 27.0 Å². The molecule has 14 heteroatoms. The van der Waals surface area contributed by atoms with E-state index in [1.807, 2.05) is 0 Å². The average molecular weight is 603 g/mol. The van der Waals surface area contributed by atoms with Gasteiger partial charge in [-0.25, -0.2) is 17.8 Å². The Labute approximate surface area is 238 Å². The number of amides is 1. The third-order valence-electron chi connectivity index (χ3n) is 7.28. The van der Waals surface area contributed by atoms with E-state index in [9.17, 15) is 27.1 Å². The number of halogens is 3. The number of aliphatic hydroxyl groups excluding tert-OH is 1. The molecule has 220 valence electrons. The normalized spacial score (nSPS) is 17.3. The van der Waals surface area contributed by atoms with Crippen molar-refractivity contribution in [1.29, 1.82) is 0 Å². The Balaban J connectivity index is 1.29. The van der Waals surface area contributed by atoms with Crippen LogP contribution in [0.2, 0.25) is 0 Å². The summed E-state index contributed by atoms with van der Waals surface area (Å²) in [5.74, 6) is -0.826. The van der Waals surface area contributed by atoms with Crippen LogP contribution in [-0.4, -0.2) is 52.6 Å². The van der Waals surface area contributed by atoms with Gasteiger partial charge in [0, 0.05) is 17.3 Å². The summed E-state index contributed by atoms with van der Waals surface area (Å²) in [4.78, 5) is 21.7. The highest BCUT2D eigenvalue weighted by molar-refractivity contribution is 7.91. The number of hydrogen-bond acceptors (Lipinski definition) is 8. The number of pyridine rings is 1. The molecule has 2 aliphatic rings. The zero-order chi connectivity index (χ0) is 29.9. The third kappa shape index (κ3) is 5.04. The molecule has 42 heavy (non-hydrogen) atoms. The van der Waals surface area contributed by atoms with Gasteiger partial charge in [-0.05, 0) is 49.2 Å². The van der Waals surface area contributed by atoms with Crippen LogP contribution in [0.25, 0.3) is 11.0 Å². The molecule has 0 bridgehead atoms. The molecule has 4 aromatic rings. The Morgan fingerprint density at radius 2 is 1.93 bits per heavy atom. The summed E-state index contributed by atoms with van der Waals surface area (Å²) < 4.78 is 77.8. The van der Waals surface area contributed by atoms with Crippen LogP contribution >= 0.6 is 0 Å². The molecule has 1 aliphatic heterocycles. The van der Waals surface area contributed by atoms with E-state index < -0.39 is 40.4 Å². The monoisotopic (exact) mass is 602 g/mol. The number of imidazole rings is 1. The van der Waals surface area contributed by atoms with Crippen molar-refractivity contribution in [3.05, 3.63) is 77.4 Å². The van der Waals surface area contributed by atoms with E-state index in [1.165, 1.54) is 49.5 Å². The lowest BCUT2D eigenvalue weighted by molar-refractivity contribution is -0.287. The van der Waals surface area contributed by atoms with E-state index in [-0.39, 0.29) is 58.6 Å². The Morgan fingerprint density at radius 3 is 2.60 bits per heavy atom. The maximum atomic E-state index is 15.4. The lowest BCUT2D eigenvalue weighted by Crippen LogP contribution is -2.31. The molecule has 1 amide bonds. The zero-order valence-corrected chi connectivity index (χ0v) is 23.0. The Kier molecular flexibility index (Phi) is 6.65. The summed E-state index contributed by atoms with van der Waals surface area (Å²) in [6.07, 6.45) is -2.14. The minimum Gasteiger partial charge on any atom is -0.395 e. The maximum absolute atomic E-state index is 15.4. The van der Waals surface area contributed by atoms with Crippen LogP contribution in [0.1, 0.15) is 53.2 Å². The number of carbonyl (C=O) groups excluding carboxylic acids is 1. The first-order valence-corrected chi connectivity index (χ1v) is 14.8. The first kappa shape index (κ1) is 28.0. The highest BCUT2D eigenvalue weighted by Gasteiger charge is 2.50. The molecule has 0 spiro atoms. The van der Waals surface area contributed by atoms with E-state index in [1.54, 1.807) is 16.7 Å². The summed E-state index contributed by atoms with van der Waals surface area (Å²) in [6, 6.07) is 10.9. The first-order chi connectivity index (χ1) is 19.9. The second-order valence-corrected chi connectivity index (χ2v) is 12.4. The van der Waals surface area contributed by atoms with E-state index in [0.29, 0.717) is 16.6 Å². The first-order valence-electron chi connectivity index (χ1n) is 13.1. The van der Waals surface area contributed by atoms with Crippen LogP contribution in [0.4, 0.5) is 13.2 Å². The highest BCUT2D eigenvalue weighted by atomic mass is 32.2. The second kappa shape index (κ2) is 9.98. The molecule has 1 saturated carbocycles. The van der Waals surface area contributed by atoms with Crippen LogP contribution in [0.3, 0.4) is 0 Å². The smallest absolute Gasteiger partial charge is 0.395 e. The molecule has 10 nitrogen and oxygen atoms in total. The summed E-state index contributed by atoms with van der Waals surface area (Å²) in [5, 5.41) is 12.6. The molecule has 0 unspecified atom stereocenters. The number of hydrogen-bond donors (Lipinski definition) is 2. The topological polar surface area (TPSA) is 133 Å². The van der Waals surface area contributed by atoms with Gasteiger partial charge < -0.3 is 24.5 Å². The molecule has 1 fully saturated rings. The predicted octanol–water partition coefficient (Wildman–Crippen LogP) is 4.02. The van der Waals surface area contributed by atoms with Crippen molar-refractivity contribution in [1.82, 2.24) is 19.9 Å². The summed E-state index contributed by atoms with van der Waals surface area (Å²) >= 11 is 0. The average Bonchev–Trinajstić information content (AvgIpc) is 3.48. The van der Waals surface area contributed by atoms with Crippen molar-refractivity contribution in [2.24, 2.45) is 0 Å². The van der Waals surface area contributed by atoms with E-state index in [4.69, 9.17) is 4.74 Å². The molecular formula is C28H25F3N4O6S. The molecule has 3 heterocycles. The molecule has 2 aromatic carbocycles. The molecular weight excluding hydrogens is 577 g/mol. The number of nitrogens with zero attached hydrogens (tertiary/aromatic N) is 3. The van der Waals surface area contributed by atoms with Gasteiger partial charge in [-0.1, -0.05) is 19.1 Å². The fraction of sp³-hybridized carbons (Fsp3) is 0.321. The van der Waals surface area contributed by atoms with Gasteiger partial charge in [0.25, 0.3) is 5.91 Å². The fourth-order valence-corrected chi connectivity index (χ4v) is 5.65. The van der Waals surface area contributed by atoms with Crippen molar-refractivity contribution in [2.75, 3.05) is 12.4 Å². The number of carbonyl (C=O) groups is 1. The minimum absolute atomic E-state index is 0.0307. The Morgan fingerprint density at radius 1 is 1.14 bits per heavy atom. The summed E-state index contributed by atoms with van der Waals surface area (Å²) in [6.45, 7) is 0.975. The van der Waals surface area contributed by atoms with Crippen molar-refractivity contribution < 1.29 is 41.0 Å². The van der Waals surface area contributed by atoms with Gasteiger partial charge in [0.1, 0.15) is 5.82 Å². The van der Waals surface area contributed by atoms with Gasteiger partial charge in [0.2, 0.25) is 0 Å². The van der Waals surface area contributed by atoms with Gasteiger partial charge in [-0.15, -0.1) is 8.78 Å². The standard InChI is InChI=1S/C28H25F3N4O6S/c1-2-42(38,39)18-7-8-19(32-13-18)21(15-36)33-25(37)16-6-9-22-20(12-16)34-26(27(29)10-11-27)35(22)14-17-4-3-5-23-24(17)41-28(30,31)40-23/h3-9,12-13,21,36H,2,10-11,14-15H2,1H3,(H,33,37)/t21-/m0/s1. The highest BCUT2D eigenvalue weighted by Crippen LogP contribution is 2.50. The largest absolute Gasteiger partial charge is 0.586 e. The van der Waals surface area contributed by atoms with E-state index >= 15 is 4.39 Å². The van der Waals surface area contributed by atoms with Crippen molar-refractivity contribution in [3.8, 4) is 11.5 Å². The number of alkyl halides is 3. The number of aliphatic hydroxyl groups is 1. The zero-order valence-electron chi connectivity index (χ0n) is 22.2.